The average Bonchev–Trinajstić information content (AvgIpc) is 1.68. The summed E-state index contributed by atoms with van der Waals surface area (Å²) < 4.78 is 0. The second kappa shape index (κ2) is 46.3. The van der Waals surface area contributed by atoms with Crippen LogP contribution in [0.1, 0.15) is 139 Å². The lowest BCUT2D eigenvalue weighted by Crippen LogP contribution is -2.60. The minimum atomic E-state index is -1.50. The van der Waals surface area contributed by atoms with Gasteiger partial charge in [-0.25, -0.2) is 0 Å². The van der Waals surface area contributed by atoms with Crippen molar-refractivity contribution in [1.82, 2.24) is 52.8 Å². The van der Waals surface area contributed by atoms with Crippen LogP contribution in [-0.2, 0) is 81.9 Å². The molecule has 1 fully saturated rings. The molecule has 0 aliphatic carbocycles. The predicted octanol–water partition coefficient (Wildman–Crippen LogP) is -0.769. The lowest BCUT2D eigenvalue weighted by Gasteiger charge is -2.31. The van der Waals surface area contributed by atoms with Crippen LogP contribution in [0.3, 0.4) is 0 Å². The highest BCUT2D eigenvalue weighted by atomic mass is 32.2. The van der Waals surface area contributed by atoms with Gasteiger partial charge in [-0.15, -0.1) is 0 Å². The molecular weight excluding hydrogens is 1380 g/mol. The first-order valence-corrected chi connectivity index (χ1v) is 37.8. The van der Waals surface area contributed by atoms with Crippen molar-refractivity contribution in [3.8, 4) is 0 Å². The van der Waals surface area contributed by atoms with Crippen LogP contribution in [0.2, 0.25) is 0 Å². The van der Waals surface area contributed by atoms with E-state index in [-0.39, 0.29) is 120 Å². The number of aliphatic imine (C=N–C) groups is 2. The average molecular weight is 1480 g/mol. The van der Waals surface area contributed by atoms with Crippen LogP contribution in [-0.4, -0.2) is 186 Å². The summed E-state index contributed by atoms with van der Waals surface area (Å²) in [7, 11) is 0. The third-order valence-electron chi connectivity index (χ3n) is 17.1. The van der Waals surface area contributed by atoms with Crippen LogP contribution in [0.25, 0.3) is 0 Å². The first kappa shape index (κ1) is 85.1. The molecule has 2 heterocycles. The lowest BCUT2D eigenvalue weighted by molar-refractivity contribution is -0.142. The van der Waals surface area contributed by atoms with Crippen LogP contribution >= 0.6 is 23.5 Å². The zero-order chi connectivity index (χ0) is 75.9. The molecule has 3 aromatic carbocycles. The van der Waals surface area contributed by atoms with Crippen LogP contribution in [0.4, 0.5) is 0 Å². The van der Waals surface area contributed by atoms with Gasteiger partial charge in [-0.3, -0.25) is 67.5 Å². The topological polar surface area (TPSA) is 523 Å². The number of rotatable bonds is 17. The van der Waals surface area contributed by atoms with E-state index in [2.05, 4.69) is 57.8 Å². The van der Waals surface area contributed by atoms with Gasteiger partial charge in [0.2, 0.25) is 70.9 Å². The van der Waals surface area contributed by atoms with E-state index in [1.54, 1.807) is 42.5 Å². The number of benzene rings is 3. The summed E-state index contributed by atoms with van der Waals surface area (Å²) >= 11 is 2.91. The zero-order valence-corrected chi connectivity index (χ0v) is 61.2. The van der Waals surface area contributed by atoms with Gasteiger partial charge in [0.05, 0.1) is 12.5 Å². The van der Waals surface area contributed by atoms with Crippen LogP contribution in [0.15, 0.2) is 94.9 Å². The number of nitrogens with one attached hydrogen (secondary N) is 9. The zero-order valence-electron chi connectivity index (χ0n) is 59.5. The van der Waals surface area contributed by atoms with Crippen molar-refractivity contribution in [1.29, 1.82) is 0 Å². The Morgan fingerprint density at radius 2 is 0.990 bits per heavy atom. The molecule has 2 aliphatic rings. The fourth-order valence-corrected chi connectivity index (χ4v) is 13.6. The highest BCUT2D eigenvalue weighted by Crippen LogP contribution is 2.23. The first-order chi connectivity index (χ1) is 49.8. The Hall–Kier alpha value is -9.50. The number of guanidine groups is 2. The highest BCUT2D eigenvalue weighted by molar-refractivity contribution is 7.98. The van der Waals surface area contributed by atoms with Gasteiger partial charge in [-0.1, -0.05) is 112 Å². The normalized spacial score (nSPS) is 23.4. The number of thioether (sulfide) groups is 2. The molecule has 9 atom stereocenters. The number of primary amides is 2. The third-order valence-corrected chi connectivity index (χ3v) is 19.3. The van der Waals surface area contributed by atoms with E-state index >= 15 is 4.79 Å². The summed E-state index contributed by atoms with van der Waals surface area (Å²) in [6.45, 7) is 4.21. The van der Waals surface area contributed by atoms with E-state index in [9.17, 15) is 52.7 Å². The molecule has 2 bridgehead atoms. The second-order valence-corrected chi connectivity index (χ2v) is 28.4. The van der Waals surface area contributed by atoms with Crippen LogP contribution < -0.4 is 88.0 Å². The van der Waals surface area contributed by atoms with E-state index in [0.29, 0.717) is 74.3 Å². The largest absolute Gasteiger partial charge is 0.370 e. The molecule has 31 nitrogen and oxygen atoms in total. The second-order valence-electron chi connectivity index (χ2n) is 26.4. The molecule has 0 radical (unpaired) electrons. The Kier molecular flexibility index (Phi) is 37.9. The van der Waals surface area contributed by atoms with Gasteiger partial charge in [0.25, 0.3) is 0 Å². The van der Waals surface area contributed by atoms with Crippen molar-refractivity contribution in [2.45, 2.75) is 195 Å². The first-order valence-electron chi connectivity index (χ1n) is 35.5. The van der Waals surface area contributed by atoms with Crippen molar-refractivity contribution < 1.29 is 57.5 Å². The van der Waals surface area contributed by atoms with Gasteiger partial charge in [0, 0.05) is 81.4 Å². The molecule has 1 saturated heterocycles. The van der Waals surface area contributed by atoms with Crippen molar-refractivity contribution in [2.24, 2.45) is 56.0 Å². The Morgan fingerprint density at radius 3 is 1.54 bits per heavy atom. The fraction of sp³-hybridized carbons (Fsp3) is 0.549. The molecule has 3 aromatic rings. The Morgan fingerprint density at radius 1 is 0.510 bits per heavy atom. The quantitative estimate of drug-likeness (QED) is 0.0448. The molecule has 0 spiro atoms. The standard InChI is InChI=1S/C71H107N19O12S2/c1-44(2)35-52-65(98)88-54(38-46-21-9-4-10-22-46)67(100)86-51(26-17-33-82-71(77)78)69(102)90-34-18-27-57(90)68(101)85-50(25-16-32-81-70(75)76)64(97)89-55(39-58(73)91)63(96)80-31-14-6-12-29-60(93)84-56(61(74)94)43-104-41-48-24-15-23-47(36-48)40-103-42-49(72)62(95)79-30-13-5-11-28-59(92)83-53(66(99)87-52)37-45-19-7-3-8-20-45/h3-4,7-10,15,19-24,36,44,49-57H,5-6,11-14,16-18,25-35,37-43,72H2,1-2H3,(H2,73,91)(H2,74,94)(H,79,95)(H,80,96)(H,83,92)(H,84,93)(H,85,101)(H,86,100)(H,87,99)(H,88,98)(H,89,97)(H4,75,76,81)(H4,77,78,82)/t49-,50-,51-,52-,53-,54-,55-,56-,57-/m0/s1. The van der Waals surface area contributed by atoms with E-state index in [4.69, 9.17) is 40.1 Å². The smallest absolute Gasteiger partial charge is 0.245 e. The summed E-state index contributed by atoms with van der Waals surface area (Å²) in [6, 6.07) is 14.7. The number of hydrogen-bond acceptors (Lipinski definition) is 17. The number of carbonyl (C=O) groups excluding carboxylic acids is 12. The van der Waals surface area contributed by atoms with Crippen molar-refractivity contribution in [3.05, 3.63) is 107 Å². The molecule has 104 heavy (non-hydrogen) atoms. The summed E-state index contributed by atoms with van der Waals surface area (Å²) in [6.07, 6.45) is 2.89. The Balaban J connectivity index is 1.42. The maximum Gasteiger partial charge on any atom is 0.245 e. The van der Waals surface area contributed by atoms with Gasteiger partial charge in [0.1, 0.15) is 48.3 Å². The fourth-order valence-electron chi connectivity index (χ4n) is 11.7. The van der Waals surface area contributed by atoms with Gasteiger partial charge < -0.3 is 92.9 Å². The predicted molar refractivity (Wildman–Crippen MR) is 401 cm³/mol. The monoisotopic (exact) mass is 1480 g/mol. The number of nitrogens with zero attached hydrogens (tertiary/aromatic N) is 3. The number of hydrogen-bond donors (Lipinski definition) is 16. The van der Waals surface area contributed by atoms with E-state index in [0.717, 1.165) is 16.7 Å². The summed E-state index contributed by atoms with van der Waals surface area (Å²) in [5.74, 6) is -7.01. The number of nitrogens with two attached hydrogens (primary N) is 7. The molecule has 0 aromatic heterocycles. The third kappa shape index (κ3) is 32.4. The van der Waals surface area contributed by atoms with Gasteiger partial charge in [0.15, 0.2) is 11.9 Å². The maximum absolute atomic E-state index is 15.1. The number of fused-ring (bicyclic) bond motifs is 3. The Bertz CT molecular complexity index is 3380. The van der Waals surface area contributed by atoms with Crippen molar-refractivity contribution in [2.75, 3.05) is 44.2 Å². The molecule has 0 unspecified atom stereocenters. The minimum Gasteiger partial charge on any atom is -0.370 e. The van der Waals surface area contributed by atoms with Crippen molar-refractivity contribution >= 4 is 106 Å². The number of carbonyl (C=O) groups is 12. The molecule has 5 rings (SSSR count). The molecular formula is C71H107N19O12S2. The molecule has 570 valence electrons. The molecule has 23 N–H and O–H groups in total. The minimum absolute atomic E-state index is 0.0280. The number of amides is 12. The van der Waals surface area contributed by atoms with Crippen LogP contribution in [0.5, 0.6) is 0 Å². The maximum atomic E-state index is 15.1. The molecule has 2 aliphatic heterocycles. The Labute approximate surface area is 616 Å². The van der Waals surface area contributed by atoms with E-state index in [1.807, 2.05) is 56.3 Å². The summed E-state index contributed by atoms with van der Waals surface area (Å²) in [4.78, 5) is 176. The summed E-state index contributed by atoms with van der Waals surface area (Å²) in [5.41, 5.74) is 43.4. The summed E-state index contributed by atoms with van der Waals surface area (Å²) in [5, 5.41) is 25.0. The van der Waals surface area contributed by atoms with E-state index in [1.165, 1.54) is 28.4 Å². The van der Waals surface area contributed by atoms with Gasteiger partial charge in [-0.2, -0.15) is 23.5 Å². The highest BCUT2D eigenvalue weighted by Gasteiger charge is 2.41. The molecule has 33 heteroatoms. The van der Waals surface area contributed by atoms with Crippen LogP contribution in [0, 0.1) is 5.92 Å². The van der Waals surface area contributed by atoms with Crippen molar-refractivity contribution in [3.63, 3.8) is 0 Å². The van der Waals surface area contributed by atoms with Gasteiger partial charge in [-0.05, 0) is 98.8 Å². The molecule has 12 amide bonds. The SMILES string of the molecule is CC(C)C[C@@H]1NC(=O)[C@H](Cc2ccccc2)NC(=O)CCCCCNC(=O)[C@@H](N)CSCc2cccc(c2)CSC[C@@H](C(N)=O)NC(=O)CCCCCNC(=O)[C@H](CC(N)=O)NC(=O)[C@H](CCCN=C(N)N)NC(=O)[C@@H]2CCCN2C(=O)[C@H](CCCN=C(N)N)NC(=O)[C@H](Cc2ccccc2)NC1=O. The lowest BCUT2D eigenvalue weighted by atomic mass is 9.99. The van der Waals surface area contributed by atoms with E-state index < -0.39 is 126 Å². The molecule has 0 saturated carbocycles. The van der Waals surface area contributed by atoms with Gasteiger partial charge >= 0.3 is 0 Å².